The van der Waals surface area contributed by atoms with Crippen LogP contribution in [0.1, 0.15) is 18.1 Å². The number of aliphatic carboxylic acids is 1. The summed E-state index contributed by atoms with van der Waals surface area (Å²) in [7, 11) is 0. The van der Waals surface area contributed by atoms with Crippen LogP contribution in [0.15, 0.2) is 24.3 Å². The molecule has 0 saturated carbocycles. The highest BCUT2D eigenvalue weighted by molar-refractivity contribution is 5.71. The van der Waals surface area contributed by atoms with Crippen molar-refractivity contribution in [2.24, 2.45) is 5.92 Å². The van der Waals surface area contributed by atoms with Gasteiger partial charge in [0, 0.05) is 12.6 Å². The molecule has 4 heteroatoms. The molecule has 1 aromatic carbocycles. The van der Waals surface area contributed by atoms with E-state index in [1.54, 1.807) is 0 Å². The number of carboxylic acid groups (broad SMARTS) is 1. The summed E-state index contributed by atoms with van der Waals surface area (Å²) in [5.41, 5.74) is 2.45. The smallest absolute Gasteiger partial charge is 0.310 e. The third-order valence-corrected chi connectivity index (χ3v) is 3.71. The second kappa shape index (κ2) is 6.17. The minimum Gasteiger partial charge on any atom is -0.481 e. The van der Waals surface area contributed by atoms with Crippen molar-refractivity contribution in [1.82, 2.24) is 4.90 Å². The Morgan fingerprint density at radius 2 is 2.26 bits per heavy atom. The number of benzene rings is 1. The van der Waals surface area contributed by atoms with Gasteiger partial charge < -0.3 is 9.84 Å². The predicted octanol–water partition coefficient (Wildman–Crippen LogP) is 1.92. The molecule has 0 spiro atoms. The fraction of sp³-hybridized carbons (Fsp3) is 0.533. The highest BCUT2D eigenvalue weighted by atomic mass is 16.5. The topological polar surface area (TPSA) is 49.8 Å². The van der Waals surface area contributed by atoms with Crippen LogP contribution in [0, 0.1) is 12.8 Å². The molecule has 1 N–H and O–H groups in total. The van der Waals surface area contributed by atoms with E-state index in [0.29, 0.717) is 13.2 Å². The zero-order chi connectivity index (χ0) is 13.8. The summed E-state index contributed by atoms with van der Waals surface area (Å²) in [4.78, 5) is 13.4. The van der Waals surface area contributed by atoms with E-state index in [0.717, 1.165) is 13.1 Å². The Morgan fingerprint density at radius 3 is 2.89 bits per heavy atom. The Bertz CT molecular complexity index is 447. The average Bonchev–Trinajstić information content (AvgIpc) is 2.85. The Kier molecular flexibility index (Phi) is 4.56. The van der Waals surface area contributed by atoms with Crippen LogP contribution in [0.25, 0.3) is 0 Å². The lowest BCUT2D eigenvalue weighted by Gasteiger charge is -2.29. The number of aryl methyl sites for hydroxylation is 1. The number of nitrogens with zero attached hydrogens (tertiary/aromatic N) is 1. The average molecular weight is 263 g/mol. The van der Waals surface area contributed by atoms with Crippen molar-refractivity contribution < 1.29 is 14.6 Å². The second-order valence-corrected chi connectivity index (χ2v) is 5.10. The van der Waals surface area contributed by atoms with Crippen LogP contribution < -0.4 is 0 Å². The van der Waals surface area contributed by atoms with E-state index in [9.17, 15) is 9.90 Å². The first-order chi connectivity index (χ1) is 9.11. The van der Waals surface area contributed by atoms with Crippen LogP contribution in [0.5, 0.6) is 0 Å². The highest BCUT2D eigenvalue weighted by Crippen LogP contribution is 2.22. The maximum Gasteiger partial charge on any atom is 0.310 e. The van der Waals surface area contributed by atoms with Crippen molar-refractivity contribution in [3.05, 3.63) is 35.4 Å². The first-order valence-corrected chi connectivity index (χ1v) is 6.72. The normalized spacial score (nSPS) is 22.9. The molecule has 0 amide bonds. The molecule has 1 aliphatic rings. The van der Waals surface area contributed by atoms with Crippen molar-refractivity contribution in [3.63, 3.8) is 0 Å². The van der Waals surface area contributed by atoms with Gasteiger partial charge in [-0.3, -0.25) is 9.69 Å². The van der Waals surface area contributed by atoms with Gasteiger partial charge in [-0.05, 0) is 19.0 Å². The Balaban J connectivity index is 2.09. The molecule has 4 nitrogen and oxygen atoms in total. The van der Waals surface area contributed by atoms with Crippen molar-refractivity contribution in [2.45, 2.75) is 26.4 Å². The van der Waals surface area contributed by atoms with Gasteiger partial charge in [-0.25, -0.2) is 0 Å². The highest BCUT2D eigenvalue weighted by Gasteiger charge is 2.37. The molecular formula is C15H21NO3. The fourth-order valence-corrected chi connectivity index (χ4v) is 2.65. The van der Waals surface area contributed by atoms with Crippen LogP contribution in [-0.2, 0) is 16.1 Å². The lowest BCUT2D eigenvalue weighted by Crippen LogP contribution is -2.42. The minimum absolute atomic E-state index is 0.0250. The molecule has 1 aliphatic heterocycles. The van der Waals surface area contributed by atoms with Gasteiger partial charge in [0.05, 0.1) is 19.1 Å². The van der Waals surface area contributed by atoms with E-state index in [1.807, 2.05) is 6.07 Å². The van der Waals surface area contributed by atoms with E-state index in [2.05, 4.69) is 36.9 Å². The summed E-state index contributed by atoms with van der Waals surface area (Å²) in [6.45, 7) is 6.56. The molecule has 1 saturated heterocycles. The number of ether oxygens (including phenoxy) is 1. The van der Waals surface area contributed by atoms with Gasteiger partial charge in [-0.1, -0.05) is 36.8 Å². The summed E-state index contributed by atoms with van der Waals surface area (Å²) < 4.78 is 5.35. The number of carbonyl (C=O) groups is 1. The van der Waals surface area contributed by atoms with Crippen molar-refractivity contribution in [2.75, 3.05) is 19.8 Å². The molecule has 19 heavy (non-hydrogen) atoms. The predicted molar refractivity (Wildman–Crippen MR) is 73.0 cm³/mol. The van der Waals surface area contributed by atoms with Crippen molar-refractivity contribution >= 4 is 5.97 Å². The Hall–Kier alpha value is -1.39. The summed E-state index contributed by atoms with van der Waals surface area (Å²) in [6, 6.07) is 8.31. The molecule has 2 atom stereocenters. The molecule has 0 bridgehead atoms. The lowest BCUT2D eigenvalue weighted by molar-refractivity contribution is -0.143. The molecule has 1 fully saturated rings. The van der Waals surface area contributed by atoms with Crippen LogP contribution >= 0.6 is 0 Å². The van der Waals surface area contributed by atoms with E-state index in [-0.39, 0.29) is 6.04 Å². The molecule has 1 aromatic rings. The number of rotatable bonds is 5. The first-order valence-electron chi connectivity index (χ1n) is 6.72. The van der Waals surface area contributed by atoms with Crippen LogP contribution in [0.4, 0.5) is 0 Å². The third-order valence-electron chi connectivity index (χ3n) is 3.71. The molecular weight excluding hydrogens is 242 g/mol. The van der Waals surface area contributed by atoms with E-state index >= 15 is 0 Å². The van der Waals surface area contributed by atoms with Gasteiger partial charge in [0.2, 0.25) is 0 Å². The standard InChI is InChI=1S/C15H21NO3/c1-3-16(8-12-6-4-5-11(2)7-12)14-10-19-9-13(14)15(17)18/h4-7,13-14H,3,8-10H2,1-2H3,(H,17,18). The SMILES string of the molecule is CCN(Cc1cccc(C)c1)C1COCC1C(=O)O. The van der Waals surface area contributed by atoms with E-state index < -0.39 is 11.9 Å². The summed E-state index contributed by atoms with van der Waals surface area (Å²) in [6.07, 6.45) is 0. The summed E-state index contributed by atoms with van der Waals surface area (Å²) in [5.74, 6) is -1.17. The maximum absolute atomic E-state index is 11.2. The maximum atomic E-state index is 11.2. The minimum atomic E-state index is -0.759. The van der Waals surface area contributed by atoms with Gasteiger partial charge in [0.1, 0.15) is 0 Å². The zero-order valence-electron chi connectivity index (χ0n) is 11.5. The molecule has 0 aliphatic carbocycles. The number of hydrogen-bond acceptors (Lipinski definition) is 3. The van der Waals surface area contributed by atoms with Crippen molar-refractivity contribution in [3.8, 4) is 0 Å². The van der Waals surface area contributed by atoms with E-state index in [4.69, 9.17) is 4.74 Å². The molecule has 1 heterocycles. The number of likely N-dealkylation sites (N-methyl/N-ethyl adjacent to an activating group) is 1. The van der Waals surface area contributed by atoms with Crippen LogP contribution in [0.3, 0.4) is 0 Å². The largest absolute Gasteiger partial charge is 0.481 e. The lowest BCUT2D eigenvalue weighted by atomic mass is 10.0. The monoisotopic (exact) mass is 263 g/mol. The third kappa shape index (κ3) is 3.33. The van der Waals surface area contributed by atoms with E-state index in [1.165, 1.54) is 11.1 Å². The first kappa shape index (κ1) is 14.0. The molecule has 0 radical (unpaired) electrons. The summed E-state index contributed by atoms with van der Waals surface area (Å²) >= 11 is 0. The van der Waals surface area contributed by atoms with Gasteiger partial charge >= 0.3 is 5.97 Å². The van der Waals surface area contributed by atoms with Gasteiger partial charge in [-0.15, -0.1) is 0 Å². The summed E-state index contributed by atoms with van der Waals surface area (Å²) in [5, 5.41) is 9.23. The fourth-order valence-electron chi connectivity index (χ4n) is 2.65. The molecule has 2 rings (SSSR count). The number of carboxylic acids is 1. The van der Waals surface area contributed by atoms with Crippen LogP contribution in [0.2, 0.25) is 0 Å². The van der Waals surface area contributed by atoms with Crippen LogP contribution in [-0.4, -0.2) is 41.8 Å². The second-order valence-electron chi connectivity index (χ2n) is 5.10. The quantitative estimate of drug-likeness (QED) is 0.881. The molecule has 2 unspecified atom stereocenters. The molecule has 104 valence electrons. The zero-order valence-corrected chi connectivity index (χ0v) is 11.5. The van der Waals surface area contributed by atoms with Gasteiger partial charge in [0.25, 0.3) is 0 Å². The Morgan fingerprint density at radius 1 is 1.47 bits per heavy atom. The van der Waals surface area contributed by atoms with Crippen molar-refractivity contribution in [1.29, 1.82) is 0 Å². The Labute approximate surface area is 114 Å². The van der Waals surface area contributed by atoms with Gasteiger partial charge in [0.15, 0.2) is 0 Å². The van der Waals surface area contributed by atoms with Gasteiger partial charge in [-0.2, -0.15) is 0 Å². The number of hydrogen-bond donors (Lipinski definition) is 1. The molecule has 0 aromatic heterocycles.